The molecule has 32 heavy (non-hydrogen) atoms. The van der Waals surface area contributed by atoms with Gasteiger partial charge < -0.3 is 10.2 Å². The van der Waals surface area contributed by atoms with Gasteiger partial charge in [-0.3, -0.25) is 9.59 Å². The molecule has 0 atom stereocenters. The van der Waals surface area contributed by atoms with Crippen LogP contribution in [0.4, 0.5) is 11.4 Å². The maximum atomic E-state index is 12.5. The van der Waals surface area contributed by atoms with Crippen molar-refractivity contribution in [3.63, 3.8) is 0 Å². The molecule has 1 aliphatic rings. The predicted octanol–water partition coefficient (Wildman–Crippen LogP) is 4.66. The van der Waals surface area contributed by atoms with Crippen LogP contribution in [0.25, 0.3) is 11.3 Å². The lowest BCUT2D eigenvalue weighted by Gasteiger charge is -2.28. The Morgan fingerprint density at radius 1 is 0.938 bits per heavy atom. The molecule has 3 aromatic rings. The Labute approximate surface area is 188 Å². The Morgan fingerprint density at radius 3 is 2.28 bits per heavy atom. The molecule has 166 valence electrons. The van der Waals surface area contributed by atoms with Crippen molar-refractivity contribution >= 4 is 17.3 Å². The number of rotatable bonds is 6. The Bertz CT molecular complexity index is 1110. The van der Waals surface area contributed by atoms with Crippen LogP contribution >= 0.6 is 0 Å². The van der Waals surface area contributed by atoms with Gasteiger partial charge in [-0.25, -0.2) is 4.68 Å². The maximum Gasteiger partial charge on any atom is 0.267 e. The molecule has 1 aromatic heterocycles. The third-order valence-electron chi connectivity index (χ3n) is 5.91. The number of carbonyl (C=O) groups is 1. The van der Waals surface area contributed by atoms with Crippen LogP contribution in [0, 0.1) is 0 Å². The van der Waals surface area contributed by atoms with Crippen LogP contribution in [0.15, 0.2) is 65.5 Å². The number of anilines is 2. The summed E-state index contributed by atoms with van der Waals surface area (Å²) in [4.78, 5) is 27.2. The van der Waals surface area contributed by atoms with Gasteiger partial charge in [-0.05, 0) is 61.1 Å². The molecule has 6 heteroatoms. The highest BCUT2D eigenvalue weighted by atomic mass is 16.2. The summed E-state index contributed by atoms with van der Waals surface area (Å²) in [7, 11) is 0. The number of amides is 1. The molecule has 0 radical (unpaired) electrons. The van der Waals surface area contributed by atoms with Gasteiger partial charge in [0.05, 0.1) is 5.69 Å². The summed E-state index contributed by atoms with van der Waals surface area (Å²) in [5, 5.41) is 7.28. The fourth-order valence-electron chi connectivity index (χ4n) is 4.00. The number of aromatic nitrogens is 2. The molecular formula is C26H30N4O2. The SMILES string of the molecule is CC(C)c1ccc(NC(=O)Cn2nc(-c3ccc(N4CCCCC4)cc3)ccc2=O)cc1. The maximum absolute atomic E-state index is 12.5. The van der Waals surface area contributed by atoms with E-state index < -0.39 is 0 Å². The Hall–Kier alpha value is -3.41. The molecule has 0 bridgehead atoms. The van der Waals surface area contributed by atoms with E-state index in [9.17, 15) is 9.59 Å². The van der Waals surface area contributed by atoms with Crippen LogP contribution in [0.2, 0.25) is 0 Å². The fraction of sp³-hybridized carbons (Fsp3) is 0.346. The second kappa shape index (κ2) is 9.81. The van der Waals surface area contributed by atoms with Gasteiger partial charge in [-0.2, -0.15) is 5.10 Å². The van der Waals surface area contributed by atoms with Crippen LogP contribution in [0.5, 0.6) is 0 Å². The second-order valence-corrected chi connectivity index (χ2v) is 8.63. The van der Waals surface area contributed by atoms with E-state index >= 15 is 0 Å². The second-order valence-electron chi connectivity index (χ2n) is 8.63. The fourth-order valence-corrected chi connectivity index (χ4v) is 4.00. The van der Waals surface area contributed by atoms with Gasteiger partial charge >= 0.3 is 0 Å². The summed E-state index contributed by atoms with van der Waals surface area (Å²) >= 11 is 0. The Balaban J connectivity index is 1.45. The quantitative estimate of drug-likeness (QED) is 0.617. The van der Waals surface area contributed by atoms with E-state index in [2.05, 4.69) is 41.3 Å². The van der Waals surface area contributed by atoms with E-state index in [0.29, 0.717) is 17.3 Å². The van der Waals surface area contributed by atoms with Gasteiger partial charge in [0.1, 0.15) is 6.54 Å². The molecule has 0 unspecified atom stereocenters. The lowest BCUT2D eigenvalue weighted by Crippen LogP contribution is -2.29. The molecular weight excluding hydrogens is 400 g/mol. The number of nitrogens with one attached hydrogen (secondary N) is 1. The van der Waals surface area contributed by atoms with E-state index in [0.717, 1.165) is 18.7 Å². The first kappa shape index (κ1) is 21.8. The van der Waals surface area contributed by atoms with Crippen LogP contribution in [-0.2, 0) is 11.3 Å². The molecule has 0 spiro atoms. The molecule has 0 aliphatic carbocycles. The smallest absolute Gasteiger partial charge is 0.267 e. The topological polar surface area (TPSA) is 67.2 Å². The first-order valence-corrected chi connectivity index (χ1v) is 11.3. The molecule has 1 N–H and O–H groups in total. The van der Waals surface area contributed by atoms with Crippen molar-refractivity contribution in [2.45, 2.75) is 45.6 Å². The highest BCUT2D eigenvalue weighted by molar-refractivity contribution is 5.90. The summed E-state index contributed by atoms with van der Waals surface area (Å²) in [6, 6.07) is 19.2. The van der Waals surface area contributed by atoms with Crippen molar-refractivity contribution in [3.05, 3.63) is 76.6 Å². The zero-order chi connectivity index (χ0) is 22.5. The van der Waals surface area contributed by atoms with Crippen LogP contribution < -0.4 is 15.8 Å². The highest BCUT2D eigenvalue weighted by Gasteiger charge is 2.12. The minimum atomic E-state index is -0.302. The van der Waals surface area contributed by atoms with Gasteiger partial charge in [-0.15, -0.1) is 0 Å². The lowest BCUT2D eigenvalue weighted by molar-refractivity contribution is -0.117. The first-order chi connectivity index (χ1) is 15.5. The van der Waals surface area contributed by atoms with Crippen molar-refractivity contribution in [2.75, 3.05) is 23.3 Å². The number of benzene rings is 2. The molecule has 2 aromatic carbocycles. The van der Waals surface area contributed by atoms with Gasteiger partial charge in [0, 0.05) is 36.1 Å². The zero-order valence-corrected chi connectivity index (χ0v) is 18.8. The number of piperidine rings is 1. The average Bonchev–Trinajstić information content (AvgIpc) is 2.81. The zero-order valence-electron chi connectivity index (χ0n) is 18.8. The third kappa shape index (κ3) is 5.25. The molecule has 4 rings (SSSR count). The van der Waals surface area contributed by atoms with Crippen molar-refractivity contribution in [1.82, 2.24) is 9.78 Å². The number of hydrogen-bond acceptors (Lipinski definition) is 4. The summed E-state index contributed by atoms with van der Waals surface area (Å²) in [5.41, 5.74) is 4.42. The molecule has 1 fully saturated rings. The molecule has 6 nitrogen and oxygen atoms in total. The average molecular weight is 431 g/mol. The summed E-state index contributed by atoms with van der Waals surface area (Å²) in [6.07, 6.45) is 3.77. The summed E-state index contributed by atoms with van der Waals surface area (Å²) in [5.74, 6) is 0.147. The lowest BCUT2D eigenvalue weighted by atomic mass is 10.0. The Kier molecular flexibility index (Phi) is 6.69. The van der Waals surface area contributed by atoms with Crippen molar-refractivity contribution in [2.24, 2.45) is 0 Å². The van der Waals surface area contributed by atoms with Crippen molar-refractivity contribution in [1.29, 1.82) is 0 Å². The van der Waals surface area contributed by atoms with Crippen LogP contribution in [-0.4, -0.2) is 28.8 Å². The molecule has 1 aliphatic heterocycles. The minimum absolute atomic E-state index is 0.134. The number of carbonyl (C=O) groups excluding carboxylic acids is 1. The first-order valence-electron chi connectivity index (χ1n) is 11.3. The Morgan fingerprint density at radius 2 is 1.62 bits per heavy atom. The number of nitrogens with zero attached hydrogens (tertiary/aromatic N) is 3. The normalized spacial score (nSPS) is 13.9. The van der Waals surface area contributed by atoms with Gasteiger partial charge in [0.2, 0.25) is 5.91 Å². The van der Waals surface area contributed by atoms with Gasteiger partial charge in [0.25, 0.3) is 5.56 Å². The van der Waals surface area contributed by atoms with Gasteiger partial charge in [0.15, 0.2) is 0 Å². The van der Waals surface area contributed by atoms with Crippen molar-refractivity contribution < 1.29 is 4.79 Å². The highest BCUT2D eigenvalue weighted by Crippen LogP contribution is 2.24. The summed E-state index contributed by atoms with van der Waals surface area (Å²) < 4.78 is 1.21. The molecule has 1 amide bonds. The van der Waals surface area contributed by atoms with E-state index in [1.165, 1.54) is 41.3 Å². The predicted molar refractivity (Wildman–Crippen MR) is 129 cm³/mol. The monoisotopic (exact) mass is 430 g/mol. The molecule has 2 heterocycles. The molecule has 1 saturated heterocycles. The van der Waals surface area contributed by atoms with Crippen molar-refractivity contribution in [3.8, 4) is 11.3 Å². The number of hydrogen-bond donors (Lipinski definition) is 1. The van der Waals surface area contributed by atoms with Gasteiger partial charge in [-0.1, -0.05) is 38.1 Å². The van der Waals surface area contributed by atoms with E-state index in [4.69, 9.17) is 0 Å². The third-order valence-corrected chi connectivity index (χ3v) is 5.91. The van der Waals surface area contributed by atoms with E-state index in [1.54, 1.807) is 6.07 Å². The van der Waals surface area contributed by atoms with E-state index in [1.807, 2.05) is 36.4 Å². The minimum Gasteiger partial charge on any atom is -0.372 e. The van der Waals surface area contributed by atoms with E-state index in [-0.39, 0.29) is 18.0 Å². The standard InChI is InChI=1S/C26H30N4O2/c1-19(2)20-6-10-22(11-7-20)27-25(31)18-30-26(32)15-14-24(28-30)21-8-12-23(13-9-21)29-16-4-3-5-17-29/h6-15,19H,3-5,16-18H2,1-2H3,(H,27,31). The largest absolute Gasteiger partial charge is 0.372 e. The van der Waals surface area contributed by atoms with Crippen LogP contribution in [0.1, 0.15) is 44.6 Å². The molecule has 0 saturated carbocycles. The van der Waals surface area contributed by atoms with Crippen LogP contribution in [0.3, 0.4) is 0 Å². The summed E-state index contributed by atoms with van der Waals surface area (Å²) in [6.45, 7) is 6.31.